The van der Waals surface area contributed by atoms with Crippen LogP contribution in [0.4, 0.5) is 0 Å². The van der Waals surface area contributed by atoms with Crippen LogP contribution < -0.4 is 11.1 Å². The molecule has 0 aliphatic heterocycles. The molecule has 1 amide bonds. The van der Waals surface area contributed by atoms with E-state index in [9.17, 15) is 4.79 Å². The number of carbonyl (C=O) groups is 1. The molecule has 1 aliphatic rings. The summed E-state index contributed by atoms with van der Waals surface area (Å²) in [6.07, 6.45) is 4.17. The topological polar surface area (TPSA) is 68.0 Å². The highest BCUT2D eigenvalue weighted by Gasteiger charge is 2.25. The van der Waals surface area contributed by atoms with Crippen molar-refractivity contribution in [2.45, 2.75) is 45.6 Å². The van der Waals surface area contributed by atoms with Gasteiger partial charge in [-0.2, -0.15) is 0 Å². The SMILES string of the molecule is CC1CC(C)CC(NC(=O)c2csc(CCN)n2)C1.Cl. The summed E-state index contributed by atoms with van der Waals surface area (Å²) in [7, 11) is 0. The fourth-order valence-corrected chi connectivity index (χ4v) is 3.77. The Morgan fingerprint density at radius 3 is 2.65 bits per heavy atom. The molecule has 20 heavy (non-hydrogen) atoms. The molecule has 0 saturated heterocycles. The van der Waals surface area contributed by atoms with Crippen LogP contribution in [0.25, 0.3) is 0 Å². The van der Waals surface area contributed by atoms with Crippen molar-refractivity contribution in [3.63, 3.8) is 0 Å². The smallest absolute Gasteiger partial charge is 0.270 e. The van der Waals surface area contributed by atoms with E-state index in [4.69, 9.17) is 5.73 Å². The van der Waals surface area contributed by atoms with Crippen molar-refractivity contribution < 1.29 is 4.79 Å². The van der Waals surface area contributed by atoms with Gasteiger partial charge in [0.15, 0.2) is 0 Å². The molecular formula is C14H24ClN3OS. The van der Waals surface area contributed by atoms with Crippen LogP contribution >= 0.6 is 23.7 Å². The van der Waals surface area contributed by atoms with E-state index in [2.05, 4.69) is 24.1 Å². The summed E-state index contributed by atoms with van der Waals surface area (Å²) in [4.78, 5) is 16.5. The van der Waals surface area contributed by atoms with Gasteiger partial charge in [-0.05, 0) is 37.6 Å². The molecule has 3 N–H and O–H groups in total. The van der Waals surface area contributed by atoms with E-state index < -0.39 is 0 Å². The molecule has 1 fully saturated rings. The normalized spacial score (nSPS) is 25.9. The Kier molecular flexibility index (Phi) is 6.92. The van der Waals surface area contributed by atoms with Crippen LogP contribution in [-0.4, -0.2) is 23.5 Å². The van der Waals surface area contributed by atoms with E-state index in [1.165, 1.54) is 17.8 Å². The third kappa shape index (κ3) is 4.72. The van der Waals surface area contributed by atoms with Crippen LogP contribution in [0.5, 0.6) is 0 Å². The van der Waals surface area contributed by atoms with E-state index in [0.717, 1.165) is 24.3 Å². The Bertz CT molecular complexity index is 428. The molecule has 6 heteroatoms. The molecule has 1 aromatic rings. The van der Waals surface area contributed by atoms with Crippen molar-refractivity contribution in [2.75, 3.05) is 6.54 Å². The first-order valence-electron chi connectivity index (χ1n) is 7.03. The number of rotatable bonds is 4. The maximum atomic E-state index is 12.1. The first kappa shape index (κ1) is 17.4. The molecular weight excluding hydrogens is 294 g/mol. The second kappa shape index (κ2) is 7.96. The lowest BCUT2D eigenvalue weighted by molar-refractivity contribution is 0.0906. The van der Waals surface area contributed by atoms with Crippen molar-refractivity contribution in [2.24, 2.45) is 17.6 Å². The number of aromatic nitrogens is 1. The Labute approximate surface area is 131 Å². The second-order valence-electron chi connectivity index (χ2n) is 5.75. The maximum Gasteiger partial charge on any atom is 0.270 e. The van der Waals surface area contributed by atoms with E-state index in [1.54, 1.807) is 0 Å². The number of nitrogens with one attached hydrogen (secondary N) is 1. The Hall–Kier alpha value is -0.650. The lowest BCUT2D eigenvalue weighted by Crippen LogP contribution is -2.40. The van der Waals surface area contributed by atoms with E-state index in [0.29, 0.717) is 30.1 Å². The van der Waals surface area contributed by atoms with Gasteiger partial charge in [-0.15, -0.1) is 23.7 Å². The van der Waals surface area contributed by atoms with Crippen LogP contribution in [0.15, 0.2) is 5.38 Å². The predicted molar refractivity (Wildman–Crippen MR) is 85.6 cm³/mol. The first-order valence-corrected chi connectivity index (χ1v) is 7.91. The monoisotopic (exact) mass is 317 g/mol. The van der Waals surface area contributed by atoms with Crippen molar-refractivity contribution in [3.05, 3.63) is 16.1 Å². The van der Waals surface area contributed by atoms with Gasteiger partial charge >= 0.3 is 0 Å². The van der Waals surface area contributed by atoms with E-state index in [-0.39, 0.29) is 18.3 Å². The number of hydrogen-bond donors (Lipinski definition) is 2. The molecule has 1 saturated carbocycles. The van der Waals surface area contributed by atoms with Crippen molar-refractivity contribution in [3.8, 4) is 0 Å². The predicted octanol–water partition coefficient (Wildman–Crippen LogP) is 2.62. The summed E-state index contributed by atoms with van der Waals surface area (Å²) < 4.78 is 0. The zero-order chi connectivity index (χ0) is 13.8. The molecule has 2 rings (SSSR count). The van der Waals surface area contributed by atoms with E-state index >= 15 is 0 Å². The van der Waals surface area contributed by atoms with Crippen LogP contribution in [0.3, 0.4) is 0 Å². The van der Waals surface area contributed by atoms with Crippen molar-refractivity contribution in [1.82, 2.24) is 10.3 Å². The molecule has 2 atom stereocenters. The second-order valence-corrected chi connectivity index (χ2v) is 6.70. The number of amides is 1. The zero-order valence-corrected chi connectivity index (χ0v) is 13.7. The minimum Gasteiger partial charge on any atom is -0.348 e. The molecule has 0 radical (unpaired) electrons. The molecule has 0 bridgehead atoms. The number of nitrogens with two attached hydrogens (primary N) is 1. The van der Waals surface area contributed by atoms with Crippen molar-refractivity contribution >= 4 is 29.7 Å². The molecule has 114 valence electrons. The highest BCUT2D eigenvalue weighted by molar-refractivity contribution is 7.09. The molecule has 0 aromatic carbocycles. The van der Waals surface area contributed by atoms with Gasteiger partial charge in [-0.25, -0.2) is 4.98 Å². The third-order valence-corrected chi connectivity index (χ3v) is 4.56. The number of carbonyl (C=O) groups excluding carboxylic acids is 1. The number of nitrogens with zero attached hydrogens (tertiary/aromatic N) is 1. The van der Waals surface area contributed by atoms with Gasteiger partial charge < -0.3 is 11.1 Å². The van der Waals surface area contributed by atoms with Gasteiger partial charge in [-0.1, -0.05) is 13.8 Å². The highest BCUT2D eigenvalue weighted by atomic mass is 35.5. The van der Waals surface area contributed by atoms with Gasteiger partial charge in [0.2, 0.25) is 0 Å². The summed E-state index contributed by atoms with van der Waals surface area (Å²) in [5, 5.41) is 5.90. The number of hydrogen-bond acceptors (Lipinski definition) is 4. The Balaban J connectivity index is 0.00000200. The van der Waals surface area contributed by atoms with Gasteiger partial charge in [0.25, 0.3) is 5.91 Å². The number of thiazole rings is 1. The van der Waals surface area contributed by atoms with Gasteiger partial charge in [0.1, 0.15) is 5.69 Å². The lowest BCUT2D eigenvalue weighted by atomic mass is 9.80. The largest absolute Gasteiger partial charge is 0.348 e. The summed E-state index contributed by atoms with van der Waals surface area (Å²) in [6.45, 7) is 5.10. The van der Waals surface area contributed by atoms with Crippen LogP contribution in [0.1, 0.15) is 48.6 Å². The van der Waals surface area contributed by atoms with Crippen molar-refractivity contribution in [1.29, 1.82) is 0 Å². The standard InChI is InChI=1S/C14H23N3OS.ClH/c1-9-5-10(2)7-11(6-9)16-14(18)12-8-19-13(17-12)3-4-15;/h8-11H,3-7,15H2,1-2H3,(H,16,18);1H. The fourth-order valence-electron chi connectivity index (χ4n) is 2.98. The summed E-state index contributed by atoms with van der Waals surface area (Å²) >= 11 is 1.51. The Morgan fingerprint density at radius 1 is 1.40 bits per heavy atom. The minimum absolute atomic E-state index is 0. The molecule has 0 spiro atoms. The average Bonchev–Trinajstić information content (AvgIpc) is 2.76. The summed E-state index contributed by atoms with van der Waals surface area (Å²) in [5.74, 6) is 1.35. The fraction of sp³-hybridized carbons (Fsp3) is 0.714. The maximum absolute atomic E-state index is 12.1. The summed E-state index contributed by atoms with van der Waals surface area (Å²) in [6, 6.07) is 0.297. The van der Waals surface area contributed by atoms with Crippen LogP contribution in [0.2, 0.25) is 0 Å². The zero-order valence-electron chi connectivity index (χ0n) is 12.1. The molecule has 2 unspecified atom stereocenters. The highest BCUT2D eigenvalue weighted by Crippen LogP contribution is 2.28. The lowest BCUT2D eigenvalue weighted by Gasteiger charge is -2.31. The van der Waals surface area contributed by atoms with Gasteiger partial charge in [0, 0.05) is 17.8 Å². The van der Waals surface area contributed by atoms with Crippen LogP contribution in [-0.2, 0) is 6.42 Å². The molecule has 1 aliphatic carbocycles. The minimum atomic E-state index is -0.0363. The van der Waals surface area contributed by atoms with Gasteiger partial charge in [0.05, 0.1) is 5.01 Å². The number of halogens is 1. The first-order chi connectivity index (χ1) is 9.08. The Morgan fingerprint density at radius 2 is 2.05 bits per heavy atom. The van der Waals surface area contributed by atoms with Crippen LogP contribution in [0, 0.1) is 11.8 Å². The average molecular weight is 318 g/mol. The molecule has 1 heterocycles. The quantitative estimate of drug-likeness (QED) is 0.897. The summed E-state index contributed by atoms with van der Waals surface area (Å²) in [5.41, 5.74) is 6.03. The molecule has 1 aromatic heterocycles. The van der Waals surface area contributed by atoms with E-state index in [1.807, 2.05) is 5.38 Å². The third-order valence-electron chi connectivity index (χ3n) is 3.66. The van der Waals surface area contributed by atoms with Gasteiger partial charge in [-0.3, -0.25) is 4.79 Å². The molecule has 4 nitrogen and oxygen atoms in total.